The molecule has 0 amide bonds. The maximum Gasteiger partial charge on any atom is 0.335 e. The largest absolute Gasteiger partial charge is 0.493 e. The van der Waals surface area contributed by atoms with Crippen molar-refractivity contribution in [3.63, 3.8) is 0 Å². The summed E-state index contributed by atoms with van der Waals surface area (Å²) in [5.41, 5.74) is 3.15. The van der Waals surface area contributed by atoms with Crippen molar-refractivity contribution in [1.29, 1.82) is 0 Å². The first-order valence-corrected chi connectivity index (χ1v) is 11.2. The first kappa shape index (κ1) is 24.8. The van der Waals surface area contributed by atoms with E-state index in [2.05, 4.69) is 11.8 Å². The molecular weight excluding hydrogens is 428 g/mol. The van der Waals surface area contributed by atoms with E-state index in [0.717, 1.165) is 11.1 Å². The van der Waals surface area contributed by atoms with Crippen LogP contribution in [0.3, 0.4) is 0 Å². The molecule has 0 radical (unpaired) electrons. The molecule has 1 unspecified atom stereocenters. The summed E-state index contributed by atoms with van der Waals surface area (Å²) in [5, 5.41) is 0. The molecule has 3 aromatic carbocycles. The maximum absolute atomic E-state index is 12.5. The zero-order valence-corrected chi connectivity index (χ0v) is 19.5. The van der Waals surface area contributed by atoms with Gasteiger partial charge >= 0.3 is 5.97 Å². The second kappa shape index (κ2) is 13.0. The van der Waals surface area contributed by atoms with Crippen LogP contribution in [0.1, 0.15) is 40.4 Å². The van der Waals surface area contributed by atoms with E-state index >= 15 is 0 Å². The van der Waals surface area contributed by atoms with Crippen LogP contribution in [0.25, 0.3) is 0 Å². The van der Waals surface area contributed by atoms with Gasteiger partial charge in [0.15, 0.2) is 11.9 Å². The zero-order valence-electron chi connectivity index (χ0n) is 19.5. The van der Waals surface area contributed by atoms with Gasteiger partial charge in [-0.2, -0.15) is 0 Å². The number of hydrogen-bond donors (Lipinski definition) is 0. The van der Waals surface area contributed by atoms with Gasteiger partial charge in [-0.05, 0) is 48.9 Å². The second-order valence-electron chi connectivity index (χ2n) is 7.50. The lowest BCUT2D eigenvalue weighted by molar-refractivity contribution is -0.154. The van der Waals surface area contributed by atoms with Crippen molar-refractivity contribution < 1.29 is 23.8 Å². The predicted octanol–water partition coefficient (Wildman–Crippen LogP) is 4.86. The minimum atomic E-state index is -0.612. The normalized spacial score (nSPS) is 11.1. The lowest BCUT2D eigenvalue weighted by atomic mass is 10.0. The van der Waals surface area contributed by atoms with E-state index in [0.29, 0.717) is 42.9 Å². The molecule has 0 spiro atoms. The van der Waals surface area contributed by atoms with Gasteiger partial charge in [0, 0.05) is 36.6 Å². The summed E-state index contributed by atoms with van der Waals surface area (Å²) in [6, 6.07) is 24.0. The molecule has 3 aromatic rings. The van der Waals surface area contributed by atoms with Gasteiger partial charge in [-0.15, -0.1) is 0 Å². The molecule has 5 nitrogen and oxygen atoms in total. The Kier molecular flexibility index (Phi) is 9.45. The van der Waals surface area contributed by atoms with Gasteiger partial charge in [0.25, 0.3) is 0 Å². The van der Waals surface area contributed by atoms with Crippen LogP contribution in [0, 0.1) is 11.8 Å². The fourth-order valence-electron chi connectivity index (χ4n) is 3.28. The van der Waals surface area contributed by atoms with Crippen LogP contribution in [0.15, 0.2) is 78.9 Å². The minimum Gasteiger partial charge on any atom is -0.493 e. The first-order chi connectivity index (χ1) is 16.6. The van der Waals surface area contributed by atoms with Gasteiger partial charge in [-0.25, -0.2) is 4.79 Å². The monoisotopic (exact) mass is 456 g/mol. The number of benzene rings is 3. The molecule has 0 N–H and O–H groups in total. The Morgan fingerprint density at radius 2 is 1.56 bits per heavy atom. The number of esters is 1. The molecule has 34 heavy (non-hydrogen) atoms. The van der Waals surface area contributed by atoms with Crippen LogP contribution in [0.5, 0.6) is 5.75 Å². The third-order valence-electron chi connectivity index (χ3n) is 5.09. The van der Waals surface area contributed by atoms with Gasteiger partial charge < -0.3 is 14.2 Å². The number of hydrogen-bond acceptors (Lipinski definition) is 5. The number of rotatable bonds is 10. The SMILES string of the molecule is CCOC(=O)C(Cc1ccc(C#CCCOc2ccc(C(=O)c3ccccc3)cc2)cc1)OC. The molecule has 0 fully saturated rings. The van der Waals surface area contributed by atoms with Gasteiger partial charge in [0.1, 0.15) is 5.75 Å². The fourth-order valence-corrected chi connectivity index (χ4v) is 3.28. The van der Waals surface area contributed by atoms with Crippen molar-refractivity contribution in [3.05, 3.63) is 101 Å². The van der Waals surface area contributed by atoms with E-state index in [1.54, 1.807) is 43.3 Å². The fraction of sp³-hybridized carbons (Fsp3) is 0.241. The van der Waals surface area contributed by atoms with Crippen LogP contribution in [-0.2, 0) is 20.7 Å². The van der Waals surface area contributed by atoms with Crippen molar-refractivity contribution in [2.75, 3.05) is 20.3 Å². The average molecular weight is 457 g/mol. The van der Waals surface area contributed by atoms with Crippen molar-refractivity contribution in [1.82, 2.24) is 0 Å². The summed E-state index contributed by atoms with van der Waals surface area (Å²) in [7, 11) is 1.50. The zero-order chi connectivity index (χ0) is 24.2. The van der Waals surface area contributed by atoms with Crippen LogP contribution in [-0.4, -0.2) is 38.2 Å². The summed E-state index contributed by atoms with van der Waals surface area (Å²) in [5.74, 6) is 6.55. The average Bonchev–Trinajstić information content (AvgIpc) is 2.88. The highest BCUT2D eigenvalue weighted by atomic mass is 16.6. The molecule has 0 saturated carbocycles. The Bertz CT molecular complexity index is 1120. The standard InChI is InChI=1S/C29H28O5/c1-3-33-29(31)27(32-2)21-23-14-12-22(13-15-23)9-7-8-20-34-26-18-16-25(17-19-26)28(30)24-10-5-4-6-11-24/h4-6,10-19,27H,3,8,20-21H2,1-2H3. The Balaban J connectivity index is 1.45. The lowest BCUT2D eigenvalue weighted by Gasteiger charge is -2.13. The van der Waals surface area contributed by atoms with Crippen molar-refractivity contribution in [2.24, 2.45) is 0 Å². The molecule has 0 bridgehead atoms. The van der Waals surface area contributed by atoms with Gasteiger partial charge in [0.2, 0.25) is 0 Å². The van der Waals surface area contributed by atoms with E-state index in [1.807, 2.05) is 42.5 Å². The smallest absolute Gasteiger partial charge is 0.335 e. The van der Waals surface area contributed by atoms with E-state index in [4.69, 9.17) is 14.2 Å². The molecule has 1 atom stereocenters. The molecule has 5 heteroatoms. The van der Waals surface area contributed by atoms with Gasteiger partial charge in [0.05, 0.1) is 13.2 Å². The highest BCUT2D eigenvalue weighted by Gasteiger charge is 2.19. The summed E-state index contributed by atoms with van der Waals surface area (Å²) < 4.78 is 16.0. The van der Waals surface area contributed by atoms with Gasteiger partial charge in [-0.1, -0.05) is 54.3 Å². The molecule has 0 saturated heterocycles. The van der Waals surface area contributed by atoms with Crippen molar-refractivity contribution >= 4 is 11.8 Å². The lowest BCUT2D eigenvalue weighted by Crippen LogP contribution is -2.27. The highest BCUT2D eigenvalue weighted by Crippen LogP contribution is 2.16. The highest BCUT2D eigenvalue weighted by molar-refractivity contribution is 6.08. The van der Waals surface area contributed by atoms with Crippen LogP contribution < -0.4 is 4.74 Å². The Labute approximate surface area is 200 Å². The van der Waals surface area contributed by atoms with Gasteiger partial charge in [-0.3, -0.25) is 4.79 Å². The van der Waals surface area contributed by atoms with Crippen LogP contribution in [0.2, 0.25) is 0 Å². The molecule has 0 aliphatic carbocycles. The molecule has 0 aliphatic heterocycles. The van der Waals surface area contributed by atoms with E-state index in [1.165, 1.54) is 7.11 Å². The predicted molar refractivity (Wildman–Crippen MR) is 131 cm³/mol. The van der Waals surface area contributed by atoms with E-state index in [-0.39, 0.29) is 11.8 Å². The first-order valence-electron chi connectivity index (χ1n) is 11.2. The molecule has 3 rings (SSSR count). The number of ketones is 1. The molecular formula is C29H28O5. The van der Waals surface area contributed by atoms with Crippen molar-refractivity contribution in [2.45, 2.75) is 25.9 Å². The Morgan fingerprint density at radius 3 is 2.21 bits per heavy atom. The van der Waals surface area contributed by atoms with Crippen molar-refractivity contribution in [3.8, 4) is 17.6 Å². The number of carbonyl (C=O) groups is 2. The minimum absolute atomic E-state index is 0.0114. The third kappa shape index (κ3) is 7.33. The third-order valence-corrected chi connectivity index (χ3v) is 5.09. The maximum atomic E-state index is 12.5. The van der Waals surface area contributed by atoms with E-state index in [9.17, 15) is 9.59 Å². The van der Waals surface area contributed by atoms with Crippen LogP contribution in [0.4, 0.5) is 0 Å². The Hall–Kier alpha value is -3.88. The topological polar surface area (TPSA) is 61.8 Å². The second-order valence-corrected chi connectivity index (χ2v) is 7.50. The molecule has 0 aromatic heterocycles. The van der Waals surface area contributed by atoms with E-state index < -0.39 is 6.10 Å². The summed E-state index contributed by atoms with van der Waals surface area (Å²) >= 11 is 0. The summed E-state index contributed by atoms with van der Waals surface area (Å²) in [4.78, 5) is 24.3. The molecule has 0 aliphatic rings. The number of ether oxygens (including phenoxy) is 3. The van der Waals surface area contributed by atoms with Crippen LogP contribution >= 0.6 is 0 Å². The molecule has 0 heterocycles. The number of methoxy groups -OCH3 is 1. The Morgan fingerprint density at radius 1 is 0.882 bits per heavy atom. The summed E-state index contributed by atoms with van der Waals surface area (Å²) in [6.45, 7) is 2.55. The summed E-state index contributed by atoms with van der Waals surface area (Å²) in [6.07, 6.45) is 0.410. The molecule has 174 valence electrons. The quantitative estimate of drug-likeness (QED) is 0.189. The number of carbonyl (C=O) groups excluding carboxylic acids is 2.